The van der Waals surface area contributed by atoms with Crippen molar-refractivity contribution in [2.24, 2.45) is 0 Å². The van der Waals surface area contributed by atoms with Crippen molar-refractivity contribution < 1.29 is 23.8 Å². The molecule has 0 radical (unpaired) electrons. The minimum absolute atomic E-state index is 0.0576. The number of aromatic nitrogens is 2. The van der Waals surface area contributed by atoms with Gasteiger partial charge in [-0.05, 0) is 73.8 Å². The van der Waals surface area contributed by atoms with Crippen molar-refractivity contribution in [2.75, 3.05) is 0 Å². The molecule has 9 heteroatoms. The Morgan fingerprint density at radius 3 is 2.77 bits per heavy atom. The van der Waals surface area contributed by atoms with E-state index in [-0.39, 0.29) is 36.4 Å². The summed E-state index contributed by atoms with van der Waals surface area (Å²) >= 11 is 0. The third kappa shape index (κ3) is 3.38. The number of halogens is 1. The fourth-order valence-electron chi connectivity index (χ4n) is 6.93. The standard InChI is InChI=1S/C30H30FN3O5/c1-3-5-16-17-10-23-26-18(12-34(23)27(35)19(17)13-39-28(16)36)25-21(33-29(37)30(38)8-4-9-30)7-6-15-14(2)20(31)11-22(32-26)24(15)25/h10-11,16,21,38H,3-9,12-13H2,1-2H3,(H,33,37)/t16-,21+/m1/s1. The first-order valence-electron chi connectivity index (χ1n) is 13.8. The van der Waals surface area contributed by atoms with E-state index in [2.05, 4.69) is 5.32 Å². The summed E-state index contributed by atoms with van der Waals surface area (Å²) in [4.78, 5) is 44.3. The maximum Gasteiger partial charge on any atom is 0.313 e. The van der Waals surface area contributed by atoms with Gasteiger partial charge < -0.3 is 19.7 Å². The van der Waals surface area contributed by atoms with Gasteiger partial charge in [0.25, 0.3) is 11.5 Å². The van der Waals surface area contributed by atoms with Gasteiger partial charge in [-0.25, -0.2) is 9.37 Å². The lowest BCUT2D eigenvalue weighted by molar-refractivity contribution is -0.149. The zero-order valence-electron chi connectivity index (χ0n) is 22.0. The molecule has 0 spiro atoms. The molecule has 1 aromatic carbocycles. The van der Waals surface area contributed by atoms with Crippen LogP contribution in [0.4, 0.5) is 4.39 Å². The number of cyclic esters (lactones) is 1. The van der Waals surface area contributed by atoms with Gasteiger partial charge in [-0.1, -0.05) is 13.3 Å². The number of nitrogens with one attached hydrogen (secondary N) is 1. The van der Waals surface area contributed by atoms with Crippen LogP contribution in [0.15, 0.2) is 16.9 Å². The second kappa shape index (κ2) is 8.45. The number of aliphatic hydroxyl groups is 1. The van der Waals surface area contributed by atoms with E-state index in [9.17, 15) is 19.5 Å². The highest BCUT2D eigenvalue weighted by atomic mass is 19.1. The Kier molecular flexibility index (Phi) is 5.30. The number of esters is 1. The molecule has 1 fully saturated rings. The topological polar surface area (TPSA) is 111 Å². The Bertz CT molecular complexity index is 1670. The molecule has 1 amide bonds. The fraction of sp³-hybridized carbons (Fsp3) is 0.467. The molecule has 2 atom stereocenters. The lowest BCUT2D eigenvalue weighted by atomic mass is 9.78. The van der Waals surface area contributed by atoms with Gasteiger partial charge in [-0.15, -0.1) is 0 Å². The third-order valence-electron chi connectivity index (χ3n) is 9.27. The predicted octanol–water partition coefficient (Wildman–Crippen LogP) is 3.83. The lowest BCUT2D eigenvalue weighted by Gasteiger charge is -2.37. The normalized spacial score (nSPS) is 22.0. The van der Waals surface area contributed by atoms with Crippen LogP contribution in [0.25, 0.3) is 22.3 Å². The van der Waals surface area contributed by atoms with Crippen molar-refractivity contribution in [3.63, 3.8) is 0 Å². The largest absolute Gasteiger partial charge is 0.460 e. The van der Waals surface area contributed by atoms with E-state index < -0.39 is 17.6 Å². The molecule has 7 rings (SSSR count). The minimum atomic E-state index is -1.35. The number of amides is 1. The highest BCUT2D eigenvalue weighted by Crippen LogP contribution is 2.46. The lowest BCUT2D eigenvalue weighted by Crippen LogP contribution is -2.52. The average Bonchev–Trinajstić information content (AvgIpc) is 3.26. The van der Waals surface area contributed by atoms with Crippen LogP contribution in [0.5, 0.6) is 0 Å². The number of hydrogen-bond acceptors (Lipinski definition) is 6. The Hall–Kier alpha value is -3.59. The number of benzene rings is 1. The van der Waals surface area contributed by atoms with Gasteiger partial charge in [-0.2, -0.15) is 0 Å². The molecule has 2 N–H and O–H groups in total. The van der Waals surface area contributed by atoms with Crippen molar-refractivity contribution in [3.8, 4) is 11.4 Å². The second-order valence-electron chi connectivity index (χ2n) is 11.5. The van der Waals surface area contributed by atoms with E-state index >= 15 is 4.39 Å². The summed E-state index contributed by atoms with van der Waals surface area (Å²) in [6, 6.07) is 2.91. The molecule has 0 saturated heterocycles. The number of ether oxygens (including phenoxy) is 1. The number of hydrogen-bond donors (Lipinski definition) is 2. The minimum Gasteiger partial charge on any atom is -0.460 e. The van der Waals surface area contributed by atoms with E-state index in [1.165, 1.54) is 6.07 Å². The van der Waals surface area contributed by atoms with Gasteiger partial charge in [0.1, 0.15) is 18.0 Å². The first-order valence-corrected chi connectivity index (χ1v) is 13.8. The zero-order valence-corrected chi connectivity index (χ0v) is 22.0. The summed E-state index contributed by atoms with van der Waals surface area (Å²) in [5.74, 6) is -1.57. The summed E-state index contributed by atoms with van der Waals surface area (Å²) in [5, 5.41) is 14.6. The summed E-state index contributed by atoms with van der Waals surface area (Å²) in [6.07, 6.45) is 4.12. The molecule has 1 saturated carbocycles. The number of carbonyl (C=O) groups excluding carboxylic acids is 2. The third-order valence-corrected chi connectivity index (χ3v) is 9.27. The fourth-order valence-corrected chi connectivity index (χ4v) is 6.93. The van der Waals surface area contributed by atoms with Crippen LogP contribution < -0.4 is 10.9 Å². The molecule has 0 unspecified atom stereocenters. The van der Waals surface area contributed by atoms with E-state index in [1.54, 1.807) is 11.5 Å². The zero-order chi connectivity index (χ0) is 27.2. The van der Waals surface area contributed by atoms with Crippen molar-refractivity contribution in [1.29, 1.82) is 0 Å². The van der Waals surface area contributed by atoms with Crippen molar-refractivity contribution in [3.05, 3.63) is 61.7 Å². The average molecular weight is 532 g/mol. The van der Waals surface area contributed by atoms with E-state index in [4.69, 9.17) is 9.72 Å². The molecule has 2 aliphatic carbocycles. The van der Waals surface area contributed by atoms with Gasteiger partial charge in [0.15, 0.2) is 0 Å². The van der Waals surface area contributed by atoms with E-state index in [0.717, 1.165) is 34.9 Å². The molecule has 39 heavy (non-hydrogen) atoms. The summed E-state index contributed by atoms with van der Waals surface area (Å²) < 4.78 is 22.1. The van der Waals surface area contributed by atoms with E-state index in [1.807, 2.05) is 13.0 Å². The van der Waals surface area contributed by atoms with Crippen LogP contribution in [-0.2, 0) is 33.9 Å². The summed E-state index contributed by atoms with van der Waals surface area (Å²) in [6.45, 7) is 3.94. The van der Waals surface area contributed by atoms with Crippen LogP contribution in [0.3, 0.4) is 0 Å². The Balaban J connectivity index is 1.45. The molecule has 8 nitrogen and oxygen atoms in total. The molecule has 0 bridgehead atoms. The second-order valence-corrected chi connectivity index (χ2v) is 11.5. The highest BCUT2D eigenvalue weighted by Gasteiger charge is 2.44. The predicted molar refractivity (Wildman–Crippen MR) is 141 cm³/mol. The number of fused-ring (bicyclic) bond motifs is 5. The number of pyridine rings is 2. The van der Waals surface area contributed by atoms with Crippen LogP contribution in [0, 0.1) is 12.7 Å². The number of rotatable bonds is 4. The van der Waals surface area contributed by atoms with Gasteiger partial charge >= 0.3 is 5.97 Å². The summed E-state index contributed by atoms with van der Waals surface area (Å²) in [5.41, 5.74) is 4.34. The molecule has 2 aliphatic heterocycles. The Morgan fingerprint density at radius 2 is 2.05 bits per heavy atom. The molecular weight excluding hydrogens is 501 g/mol. The smallest absolute Gasteiger partial charge is 0.313 e. The molecule has 202 valence electrons. The maximum atomic E-state index is 15.0. The van der Waals surface area contributed by atoms with E-state index in [0.29, 0.717) is 65.7 Å². The molecule has 3 aromatic rings. The summed E-state index contributed by atoms with van der Waals surface area (Å²) in [7, 11) is 0. The van der Waals surface area contributed by atoms with Crippen LogP contribution in [0.1, 0.15) is 90.8 Å². The molecule has 2 aromatic heterocycles. The quantitative estimate of drug-likeness (QED) is 0.388. The number of carbonyl (C=O) groups is 2. The molecule has 4 heterocycles. The van der Waals surface area contributed by atoms with Crippen molar-refractivity contribution in [1.82, 2.24) is 14.9 Å². The Morgan fingerprint density at radius 1 is 1.26 bits per heavy atom. The van der Waals surface area contributed by atoms with Gasteiger partial charge in [-0.3, -0.25) is 14.4 Å². The first kappa shape index (κ1) is 24.5. The SMILES string of the molecule is CCC[C@H]1C(=O)OCc2c1cc1n(c2=O)Cc2c-1nc1cc(F)c(C)c3c1c2[C@@H](NC(=O)C1(O)CCC1)CC3. The van der Waals surface area contributed by atoms with Crippen LogP contribution >= 0.6 is 0 Å². The van der Waals surface area contributed by atoms with Gasteiger partial charge in [0.05, 0.1) is 41.0 Å². The van der Waals surface area contributed by atoms with Gasteiger partial charge in [0, 0.05) is 17.0 Å². The molecular formula is C30H30FN3O5. The monoisotopic (exact) mass is 531 g/mol. The van der Waals surface area contributed by atoms with Crippen LogP contribution in [0.2, 0.25) is 0 Å². The number of aryl methyl sites for hydroxylation is 1. The number of nitrogens with zero attached hydrogens (tertiary/aromatic N) is 2. The molecule has 4 aliphatic rings. The van der Waals surface area contributed by atoms with Crippen LogP contribution in [-0.4, -0.2) is 32.1 Å². The Labute approximate surface area is 224 Å². The van der Waals surface area contributed by atoms with Crippen molar-refractivity contribution in [2.45, 2.75) is 89.5 Å². The highest BCUT2D eigenvalue weighted by molar-refractivity contribution is 5.94. The first-order chi connectivity index (χ1) is 18.7. The van der Waals surface area contributed by atoms with Gasteiger partial charge in [0.2, 0.25) is 0 Å². The maximum absolute atomic E-state index is 15.0. The van der Waals surface area contributed by atoms with Crippen molar-refractivity contribution >= 4 is 22.8 Å².